The number of hydrogen-bond donors (Lipinski definition) is 3. The summed E-state index contributed by atoms with van der Waals surface area (Å²) in [7, 11) is 0. The fourth-order valence-electron chi connectivity index (χ4n) is 1.17. The number of carboxylic acids is 1. The molecule has 6 nitrogen and oxygen atoms in total. The Morgan fingerprint density at radius 1 is 1.53 bits per heavy atom. The van der Waals surface area contributed by atoms with Crippen LogP contribution >= 0.6 is 15.9 Å². The Morgan fingerprint density at radius 2 is 2.24 bits per heavy atom. The highest BCUT2D eigenvalue weighted by Crippen LogP contribution is 2.08. The molecule has 0 bridgehead atoms. The average molecular weight is 303 g/mol. The zero-order valence-electron chi connectivity index (χ0n) is 8.76. The number of pyridine rings is 1. The number of halogens is 1. The van der Waals surface area contributed by atoms with Crippen molar-refractivity contribution in [3.05, 3.63) is 28.5 Å². The first-order chi connectivity index (χ1) is 8.04. The number of amides is 1. The van der Waals surface area contributed by atoms with Gasteiger partial charge in [-0.1, -0.05) is 0 Å². The summed E-state index contributed by atoms with van der Waals surface area (Å²) in [6, 6.07) is 1.85. The monoisotopic (exact) mass is 302 g/mol. The van der Waals surface area contributed by atoms with Crippen LogP contribution in [0.3, 0.4) is 0 Å². The summed E-state index contributed by atoms with van der Waals surface area (Å²) in [5, 5.41) is 19.8. The van der Waals surface area contributed by atoms with Crippen LogP contribution in [0.25, 0.3) is 0 Å². The lowest BCUT2D eigenvalue weighted by Crippen LogP contribution is -2.41. The molecular formula is C10H11BrN2O4. The molecule has 0 saturated carbocycles. The molecule has 0 aliphatic carbocycles. The predicted molar refractivity (Wildman–Crippen MR) is 62.5 cm³/mol. The molecule has 1 rings (SSSR count). The predicted octanol–water partition coefficient (Wildman–Crippen LogP) is 0.409. The van der Waals surface area contributed by atoms with E-state index in [1.807, 2.05) is 0 Å². The lowest BCUT2D eigenvalue weighted by molar-refractivity contribution is -0.139. The lowest BCUT2D eigenvalue weighted by Gasteiger charge is -2.13. The van der Waals surface area contributed by atoms with Gasteiger partial charge in [-0.15, -0.1) is 0 Å². The van der Waals surface area contributed by atoms with Crippen LogP contribution in [0.15, 0.2) is 22.9 Å². The normalized spacial score (nSPS) is 11.9. The zero-order valence-corrected chi connectivity index (χ0v) is 10.3. The van der Waals surface area contributed by atoms with Crippen molar-refractivity contribution in [3.63, 3.8) is 0 Å². The van der Waals surface area contributed by atoms with Gasteiger partial charge in [-0.05, 0) is 28.1 Å². The van der Waals surface area contributed by atoms with Gasteiger partial charge in [0.1, 0.15) is 10.6 Å². The second kappa shape index (κ2) is 6.31. The van der Waals surface area contributed by atoms with Crippen molar-refractivity contribution in [2.45, 2.75) is 12.5 Å². The van der Waals surface area contributed by atoms with E-state index in [0.29, 0.717) is 10.2 Å². The number of carboxylic acid groups (broad SMARTS) is 1. The number of nitrogens with zero attached hydrogens (tertiary/aromatic N) is 1. The summed E-state index contributed by atoms with van der Waals surface area (Å²) in [5.41, 5.74) is 0.302. The summed E-state index contributed by atoms with van der Waals surface area (Å²) in [6.07, 6.45) is 1.40. The number of aromatic nitrogens is 1. The molecule has 92 valence electrons. The van der Waals surface area contributed by atoms with Gasteiger partial charge < -0.3 is 15.5 Å². The third-order valence-electron chi connectivity index (χ3n) is 2.01. The van der Waals surface area contributed by atoms with Crippen LogP contribution in [-0.2, 0) is 4.79 Å². The van der Waals surface area contributed by atoms with E-state index in [4.69, 9.17) is 10.2 Å². The van der Waals surface area contributed by atoms with Gasteiger partial charge in [0.25, 0.3) is 5.91 Å². The summed E-state index contributed by atoms with van der Waals surface area (Å²) >= 11 is 3.11. The maximum absolute atomic E-state index is 11.7. The largest absolute Gasteiger partial charge is 0.480 e. The lowest BCUT2D eigenvalue weighted by atomic mass is 10.2. The molecule has 0 unspecified atom stereocenters. The minimum atomic E-state index is -1.18. The number of aliphatic hydroxyl groups excluding tert-OH is 1. The number of rotatable bonds is 5. The summed E-state index contributed by atoms with van der Waals surface area (Å²) in [4.78, 5) is 26.3. The molecule has 0 aliphatic rings. The molecule has 1 aromatic rings. The first-order valence-corrected chi connectivity index (χ1v) is 5.60. The van der Waals surface area contributed by atoms with Gasteiger partial charge in [0.2, 0.25) is 0 Å². The van der Waals surface area contributed by atoms with E-state index in [-0.39, 0.29) is 13.0 Å². The van der Waals surface area contributed by atoms with E-state index >= 15 is 0 Å². The van der Waals surface area contributed by atoms with E-state index < -0.39 is 17.9 Å². The van der Waals surface area contributed by atoms with Crippen LogP contribution in [0.5, 0.6) is 0 Å². The van der Waals surface area contributed by atoms with Crippen LogP contribution < -0.4 is 5.32 Å². The van der Waals surface area contributed by atoms with Crippen LogP contribution in [0.4, 0.5) is 0 Å². The maximum atomic E-state index is 11.7. The van der Waals surface area contributed by atoms with Crippen LogP contribution in [0.2, 0.25) is 0 Å². The second-order valence-corrected chi connectivity index (χ2v) is 4.06. The van der Waals surface area contributed by atoms with E-state index in [2.05, 4.69) is 26.2 Å². The fourth-order valence-corrected chi connectivity index (χ4v) is 1.54. The molecule has 0 radical (unpaired) electrons. The molecule has 7 heteroatoms. The van der Waals surface area contributed by atoms with Crippen LogP contribution in [-0.4, -0.2) is 39.7 Å². The number of carbonyl (C=O) groups excluding carboxylic acids is 1. The molecule has 0 fully saturated rings. The molecule has 0 spiro atoms. The van der Waals surface area contributed by atoms with Gasteiger partial charge in [-0.25, -0.2) is 9.78 Å². The number of aliphatic hydroxyl groups is 1. The molecule has 17 heavy (non-hydrogen) atoms. The minimum absolute atomic E-state index is 0.0344. The Kier molecular flexibility index (Phi) is 5.05. The molecule has 1 amide bonds. The molecule has 0 aromatic carbocycles. The Balaban J connectivity index is 2.73. The van der Waals surface area contributed by atoms with E-state index in [9.17, 15) is 9.59 Å². The Hall–Kier alpha value is -1.47. The fraction of sp³-hybridized carbons (Fsp3) is 0.300. The van der Waals surface area contributed by atoms with Gasteiger partial charge in [-0.2, -0.15) is 0 Å². The highest BCUT2D eigenvalue weighted by molar-refractivity contribution is 9.10. The van der Waals surface area contributed by atoms with Crippen molar-refractivity contribution in [2.75, 3.05) is 6.61 Å². The van der Waals surface area contributed by atoms with E-state index in [1.54, 1.807) is 0 Å². The standard InChI is InChI=1S/C10H11BrN2O4/c11-8-5-6(1-3-12-8)9(15)13-7(2-4-14)10(16)17/h1,3,5,7,14H,2,4H2,(H,13,15)(H,16,17)/t7-/m0/s1. The van der Waals surface area contributed by atoms with E-state index in [1.165, 1.54) is 18.3 Å². The number of aliphatic carboxylic acids is 1. The molecule has 3 N–H and O–H groups in total. The van der Waals surface area contributed by atoms with Crippen molar-refractivity contribution in [3.8, 4) is 0 Å². The number of nitrogens with one attached hydrogen (secondary N) is 1. The van der Waals surface area contributed by atoms with Crippen molar-refractivity contribution >= 4 is 27.8 Å². The van der Waals surface area contributed by atoms with Gasteiger partial charge in [0.05, 0.1) is 0 Å². The number of carbonyl (C=O) groups is 2. The summed E-state index contributed by atoms with van der Waals surface area (Å²) in [5.74, 6) is -1.70. The maximum Gasteiger partial charge on any atom is 0.326 e. The third kappa shape index (κ3) is 4.12. The minimum Gasteiger partial charge on any atom is -0.480 e. The quantitative estimate of drug-likeness (QED) is 0.684. The van der Waals surface area contributed by atoms with Gasteiger partial charge >= 0.3 is 5.97 Å². The molecule has 0 saturated heterocycles. The van der Waals surface area contributed by atoms with Crippen LogP contribution in [0.1, 0.15) is 16.8 Å². The SMILES string of the molecule is O=C(N[C@@H](CCO)C(=O)O)c1ccnc(Br)c1. The van der Waals surface area contributed by atoms with Crippen molar-refractivity contribution in [1.29, 1.82) is 0 Å². The zero-order chi connectivity index (χ0) is 12.8. The van der Waals surface area contributed by atoms with Gasteiger partial charge in [-0.3, -0.25) is 4.79 Å². The molecule has 1 aromatic heterocycles. The number of hydrogen-bond acceptors (Lipinski definition) is 4. The second-order valence-electron chi connectivity index (χ2n) is 3.24. The first-order valence-electron chi connectivity index (χ1n) is 4.80. The van der Waals surface area contributed by atoms with Gasteiger partial charge in [0.15, 0.2) is 0 Å². The van der Waals surface area contributed by atoms with Crippen molar-refractivity contribution in [2.24, 2.45) is 0 Å². The highest BCUT2D eigenvalue weighted by atomic mass is 79.9. The average Bonchev–Trinajstić information content (AvgIpc) is 2.28. The molecule has 1 atom stereocenters. The topological polar surface area (TPSA) is 99.5 Å². The molecular weight excluding hydrogens is 292 g/mol. The molecule has 0 aliphatic heterocycles. The Bertz CT molecular complexity index is 425. The summed E-state index contributed by atoms with van der Waals surface area (Å²) < 4.78 is 0.485. The van der Waals surface area contributed by atoms with Gasteiger partial charge in [0, 0.05) is 24.8 Å². The smallest absolute Gasteiger partial charge is 0.326 e. The Morgan fingerprint density at radius 3 is 2.76 bits per heavy atom. The molecule has 1 heterocycles. The third-order valence-corrected chi connectivity index (χ3v) is 2.44. The first kappa shape index (κ1) is 13.6. The van der Waals surface area contributed by atoms with Crippen LogP contribution in [0, 0.1) is 0 Å². The van der Waals surface area contributed by atoms with Crippen molar-refractivity contribution < 1.29 is 19.8 Å². The van der Waals surface area contributed by atoms with Crippen molar-refractivity contribution in [1.82, 2.24) is 10.3 Å². The Labute approximate surface area is 106 Å². The summed E-state index contributed by atoms with van der Waals surface area (Å²) in [6.45, 7) is -0.308. The highest BCUT2D eigenvalue weighted by Gasteiger charge is 2.19. The van der Waals surface area contributed by atoms with E-state index in [0.717, 1.165) is 0 Å².